The summed E-state index contributed by atoms with van der Waals surface area (Å²) in [5.41, 5.74) is 2.08. The van der Waals surface area contributed by atoms with E-state index in [0.29, 0.717) is 28.4 Å². The molecule has 32 heavy (non-hydrogen) atoms. The second kappa shape index (κ2) is 8.78. The minimum absolute atomic E-state index is 0.0184. The predicted molar refractivity (Wildman–Crippen MR) is 121 cm³/mol. The molecule has 0 unspecified atom stereocenters. The van der Waals surface area contributed by atoms with Crippen molar-refractivity contribution in [3.05, 3.63) is 76.5 Å². The average Bonchev–Trinajstić information content (AvgIpc) is 3.23. The van der Waals surface area contributed by atoms with E-state index in [-0.39, 0.29) is 22.1 Å². The van der Waals surface area contributed by atoms with Crippen LogP contribution in [0.3, 0.4) is 0 Å². The lowest BCUT2D eigenvalue weighted by atomic mass is 10.1. The Morgan fingerprint density at radius 3 is 2.78 bits per heavy atom. The summed E-state index contributed by atoms with van der Waals surface area (Å²) in [6.07, 6.45) is 1.63. The van der Waals surface area contributed by atoms with Gasteiger partial charge in [0.2, 0.25) is 5.89 Å². The molecule has 0 aliphatic carbocycles. The van der Waals surface area contributed by atoms with E-state index in [4.69, 9.17) is 21.4 Å². The second-order valence-corrected chi connectivity index (χ2v) is 6.89. The number of fused-ring (bicyclic) bond motifs is 1. The largest absolute Gasteiger partial charge is 0.490 e. The van der Waals surface area contributed by atoms with Crippen LogP contribution in [0.5, 0.6) is 5.75 Å². The number of aromatic nitrogens is 2. The van der Waals surface area contributed by atoms with Gasteiger partial charge in [-0.2, -0.15) is 4.98 Å². The second-order valence-electron chi connectivity index (χ2n) is 6.48. The fourth-order valence-corrected chi connectivity index (χ4v) is 3.14. The lowest BCUT2D eigenvalue weighted by Crippen LogP contribution is -2.34. The number of carbonyl (C=O) groups is 1. The van der Waals surface area contributed by atoms with Gasteiger partial charge in [-0.1, -0.05) is 6.07 Å². The van der Waals surface area contributed by atoms with Gasteiger partial charge in [-0.25, -0.2) is 4.98 Å². The Bertz CT molecular complexity index is 1320. The van der Waals surface area contributed by atoms with Gasteiger partial charge in [0.15, 0.2) is 22.1 Å². The molecule has 0 radical (unpaired) electrons. The van der Waals surface area contributed by atoms with Crippen molar-refractivity contribution in [1.82, 2.24) is 15.3 Å². The number of nitrogens with zero attached hydrogens (tertiary/aromatic N) is 3. The highest BCUT2D eigenvalue weighted by atomic mass is 32.1. The van der Waals surface area contributed by atoms with Crippen LogP contribution in [0, 0.1) is 10.1 Å². The topological polar surface area (TPSA) is 132 Å². The number of amides is 1. The van der Waals surface area contributed by atoms with E-state index in [1.54, 1.807) is 36.5 Å². The van der Waals surface area contributed by atoms with E-state index in [0.717, 1.165) is 6.07 Å². The molecule has 0 fully saturated rings. The van der Waals surface area contributed by atoms with Crippen LogP contribution in [0.4, 0.5) is 11.4 Å². The molecule has 2 aromatic carbocycles. The van der Waals surface area contributed by atoms with Crippen LogP contribution >= 0.6 is 12.2 Å². The third-order valence-electron chi connectivity index (χ3n) is 4.40. The summed E-state index contributed by atoms with van der Waals surface area (Å²) in [7, 11) is 1.31. The molecule has 4 aromatic rings. The third kappa shape index (κ3) is 4.37. The van der Waals surface area contributed by atoms with E-state index in [1.807, 2.05) is 6.07 Å². The molecule has 0 aliphatic rings. The first-order chi connectivity index (χ1) is 15.4. The fourth-order valence-electron chi connectivity index (χ4n) is 2.93. The van der Waals surface area contributed by atoms with E-state index in [9.17, 15) is 14.9 Å². The molecule has 160 valence electrons. The SMILES string of the molecule is COc1ccc(C(=O)NC(=S)Nc2cccc(-c3nc4ncccc4o3)c2)cc1[N+](=O)[O-]. The number of carbonyl (C=O) groups excluding carboxylic acids is 1. The van der Waals surface area contributed by atoms with E-state index in [1.165, 1.54) is 19.2 Å². The zero-order chi connectivity index (χ0) is 22.7. The molecule has 0 spiro atoms. The highest BCUT2D eigenvalue weighted by Gasteiger charge is 2.19. The number of oxazole rings is 1. The number of thiocarbonyl (C=S) groups is 1. The van der Waals surface area contributed by atoms with Crippen molar-refractivity contribution in [2.24, 2.45) is 0 Å². The molecule has 2 heterocycles. The van der Waals surface area contributed by atoms with Gasteiger partial charge in [0.05, 0.1) is 12.0 Å². The van der Waals surface area contributed by atoms with Crippen molar-refractivity contribution in [2.45, 2.75) is 0 Å². The van der Waals surface area contributed by atoms with Gasteiger partial charge in [0, 0.05) is 29.1 Å². The zero-order valence-corrected chi connectivity index (χ0v) is 17.4. The van der Waals surface area contributed by atoms with Gasteiger partial charge < -0.3 is 14.5 Å². The summed E-state index contributed by atoms with van der Waals surface area (Å²) in [6.45, 7) is 0. The van der Waals surface area contributed by atoms with Crippen LogP contribution in [0.15, 0.2) is 65.2 Å². The van der Waals surface area contributed by atoms with Crippen molar-refractivity contribution in [3.63, 3.8) is 0 Å². The van der Waals surface area contributed by atoms with Gasteiger partial charge in [-0.3, -0.25) is 20.2 Å². The Hall–Kier alpha value is -4.38. The molecule has 0 aliphatic heterocycles. The lowest BCUT2D eigenvalue weighted by molar-refractivity contribution is -0.385. The van der Waals surface area contributed by atoms with Gasteiger partial charge in [-0.05, 0) is 54.7 Å². The number of nitro groups is 1. The molecule has 4 rings (SSSR count). The van der Waals surface area contributed by atoms with Crippen LogP contribution in [-0.2, 0) is 0 Å². The minimum atomic E-state index is -0.626. The normalized spacial score (nSPS) is 10.5. The summed E-state index contributed by atoms with van der Waals surface area (Å²) in [6, 6.07) is 14.5. The van der Waals surface area contributed by atoms with Crippen LogP contribution in [0.1, 0.15) is 10.4 Å². The maximum Gasteiger partial charge on any atom is 0.311 e. The number of rotatable bonds is 5. The van der Waals surface area contributed by atoms with E-state index < -0.39 is 10.8 Å². The van der Waals surface area contributed by atoms with Crippen LogP contribution in [0.2, 0.25) is 0 Å². The molecule has 0 bridgehead atoms. The Morgan fingerprint density at radius 1 is 1.19 bits per heavy atom. The van der Waals surface area contributed by atoms with Gasteiger partial charge in [-0.15, -0.1) is 0 Å². The Kier molecular flexibility index (Phi) is 5.73. The van der Waals surface area contributed by atoms with Crippen LogP contribution in [-0.4, -0.2) is 33.0 Å². The number of hydrogen-bond acceptors (Lipinski definition) is 8. The quantitative estimate of drug-likeness (QED) is 0.264. The van der Waals surface area contributed by atoms with E-state index in [2.05, 4.69) is 20.6 Å². The molecular formula is C21H15N5O5S. The first kappa shape index (κ1) is 20.9. The monoisotopic (exact) mass is 449 g/mol. The average molecular weight is 449 g/mol. The van der Waals surface area contributed by atoms with Crippen molar-refractivity contribution < 1.29 is 18.9 Å². The number of benzene rings is 2. The van der Waals surface area contributed by atoms with Gasteiger partial charge in [0.25, 0.3) is 5.91 Å². The molecule has 11 heteroatoms. The highest BCUT2D eigenvalue weighted by Crippen LogP contribution is 2.28. The maximum absolute atomic E-state index is 12.5. The Morgan fingerprint density at radius 2 is 2.03 bits per heavy atom. The molecule has 2 N–H and O–H groups in total. The summed E-state index contributed by atoms with van der Waals surface area (Å²) in [4.78, 5) is 31.5. The molecule has 0 saturated heterocycles. The standard InChI is InChI=1S/C21H15N5O5S/c1-30-16-8-7-12(11-15(16)26(28)29)19(27)25-21(32)23-14-5-2-4-13(10-14)20-24-18-17(31-20)6-3-9-22-18/h2-11H,1H3,(H2,23,25,27,32). The van der Waals surface area contributed by atoms with Crippen LogP contribution in [0.25, 0.3) is 22.7 Å². The van der Waals surface area contributed by atoms with Gasteiger partial charge in [0.1, 0.15) is 0 Å². The van der Waals surface area contributed by atoms with Crippen molar-refractivity contribution in [3.8, 4) is 17.2 Å². The van der Waals surface area contributed by atoms with E-state index >= 15 is 0 Å². The number of hydrogen-bond donors (Lipinski definition) is 2. The lowest BCUT2D eigenvalue weighted by Gasteiger charge is -2.10. The molecule has 0 saturated carbocycles. The zero-order valence-electron chi connectivity index (χ0n) is 16.6. The fraction of sp³-hybridized carbons (Fsp3) is 0.0476. The minimum Gasteiger partial charge on any atom is -0.490 e. The van der Waals surface area contributed by atoms with Crippen LogP contribution < -0.4 is 15.4 Å². The van der Waals surface area contributed by atoms with Crippen molar-refractivity contribution >= 4 is 45.8 Å². The maximum atomic E-state index is 12.5. The molecule has 10 nitrogen and oxygen atoms in total. The predicted octanol–water partition coefficient (Wildman–Crippen LogP) is 3.93. The molecule has 1 amide bonds. The molecular weight excluding hydrogens is 434 g/mol. The molecule has 2 aromatic heterocycles. The third-order valence-corrected chi connectivity index (χ3v) is 4.60. The van der Waals surface area contributed by atoms with Crippen molar-refractivity contribution in [2.75, 3.05) is 12.4 Å². The highest BCUT2D eigenvalue weighted by molar-refractivity contribution is 7.80. The van der Waals surface area contributed by atoms with Crippen molar-refractivity contribution in [1.29, 1.82) is 0 Å². The summed E-state index contributed by atoms with van der Waals surface area (Å²) in [5.74, 6) is -0.157. The number of methoxy groups -OCH3 is 1. The number of pyridine rings is 1. The Labute approximate surface area is 186 Å². The number of nitrogens with one attached hydrogen (secondary N) is 2. The summed E-state index contributed by atoms with van der Waals surface area (Å²) < 4.78 is 10.7. The molecule has 0 atom stereocenters. The number of ether oxygens (including phenoxy) is 1. The first-order valence-corrected chi connectivity index (χ1v) is 9.62. The van der Waals surface area contributed by atoms with Gasteiger partial charge >= 0.3 is 5.69 Å². The Balaban J connectivity index is 1.47. The number of anilines is 1. The summed E-state index contributed by atoms with van der Waals surface area (Å²) >= 11 is 5.21. The first-order valence-electron chi connectivity index (χ1n) is 9.21. The smallest absolute Gasteiger partial charge is 0.311 e. The summed E-state index contributed by atoms with van der Waals surface area (Å²) in [5, 5.41) is 16.6. The number of nitro benzene ring substituents is 1.